The van der Waals surface area contributed by atoms with E-state index in [-0.39, 0.29) is 17.6 Å². The van der Waals surface area contributed by atoms with Gasteiger partial charge in [-0.15, -0.1) is 0 Å². The molecule has 1 amide bonds. The minimum atomic E-state index is -0.235. The Morgan fingerprint density at radius 1 is 1.10 bits per heavy atom. The first-order valence-corrected chi connectivity index (χ1v) is 9.06. The van der Waals surface area contributed by atoms with E-state index < -0.39 is 0 Å². The van der Waals surface area contributed by atoms with Crippen LogP contribution in [0.1, 0.15) is 85.0 Å². The molecule has 2 atom stereocenters. The number of aliphatic hydroxyl groups is 1. The van der Waals surface area contributed by atoms with Crippen LogP contribution in [-0.4, -0.2) is 34.6 Å². The Balaban J connectivity index is 3.04. The normalized spacial score (nSPS) is 25.0. The molecule has 0 saturated carbocycles. The van der Waals surface area contributed by atoms with Crippen LogP contribution in [-0.2, 0) is 4.79 Å². The molecule has 0 bridgehead atoms. The number of unbranched alkanes of at least 4 members (excludes halogenated alkanes) is 3. The van der Waals surface area contributed by atoms with Gasteiger partial charge in [-0.25, -0.2) is 0 Å². The third kappa shape index (κ3) is 4.45. The SMILES string of the molecule is CCCCC1C(O)CCN(C=O)C1(CCCC)CCCC. The van der Waals surface area contributed by atoms with Crippen molar-refractivity contribution in [2.24, 2.45) is 5.92 Å². The van der Waals surface area contributed by atoms with E-state index in [9.17, 15) is 9.90 Å². The summed E-state index contributed by atoms with van der Waals surface area (Å²) in [5, 5.41) is 10.6. The zero-order chi connectivity index (χ0) is 15.7. The van der Waals surface area contributed by atoms with Gasteiger partial charge in [-0.05, 0) is 25.7 Å². The number of hydrogen-bond acceptors (Lipinski definition) is 2. The third-order valence-corrected chi connectivity index (χ3v) is 5.31. The smallest absolute Gasteiger partial charge is 0.210 e. The second-order valence-corrected chi connectivity index (χ2v) is 6.71. The molecule has 3 heteroatoms. The van der Waals surface area contributed by atoms with Crippen molar-refractivity contribution in [3.63, 3.8) is 0 Å². The first-order valence-electron chi connectivity index (χ1n) is 9.06. The second kappa shape index (κ2) is 9.45. The van der Waals surface area contributed by atoms with Gasteiger partial charge in [0.2, 0.25) is 6.41 Å². The Morgan fingerprint density at radius 2 is 1.67 bits per heavy atom. The highest BCUT2D eigenvalue weighted by Gasteiger charge is 2.48. The average molecular weight is 297 g/mol. The molecule has 0 aromatic heterocycles. The molecule has 0 aromatic carbocycles. The topological polar surface area (TPSA) is 40.5 Å². The van der Waals surface area contributed by atoms with Gasteiger partial charge in [0, 0.05) is 18.0 Å². The Kier molecular flexibility index (Phi) is 8.31. The maximum absolute atomic E-state index is 11.7. The quantitative estimate of drug-likeness (QED) is 0.616. The maximum atomic E-state index is 11.7. The molecule has 1 heterocycles. The fourth-order valence-electron chi connectivity index (χ4n) is 4.06. The lowest BCUT2D eigenvalue weighted by molar-refractivity contribution is -0.140. The maximum Gasteiger partial charge on any atom is 0.210 e. The largest absolute Gasteiger partial charge is 0.393 e. The van der Waals surface area contributed by atoms with Crippen molar-refractivity contribution >= 4 is 6.41 Å². The highest BCUT2D eigenvalue weighted by Crippen LogP contribution is 2.43. The average Bonchev–Trinajstić information content (AvgIpc) is 2.50. The third-order valence-electron chi connectivity index (χ3n) is 5.31. The van der Waals surface area contributed by atoms with Crippen molar-refractivity contribution in [1.82, 2.24) is 4.90 Å². The van der Waals surface area contributed by atoms with E-state index in [2.05, 4.69) is 20.8 Å². The fourth-order valence-corrected chi connectivity index (χ4v) is 4.06. The number of aliphatic hydroxyl groups excluding tert-OH is 1. The molecular weight excluding hydrogens is 262 g/mol. The van der Waals surface area contributed by atoms with Gasteiger partial charge in [-0.3, -0.25) is 4.79 Å². The standard InChI is InChI=1S/C18H35NO2/c1-4-7-10-16-17(21)11-14-19(15-20)18(16,12-8-5-2)13-9-6-3/h15-17,21H,4-14H2,1-3H3. The van der Waals surface area contributed by atoms with Crippen molar-refractivity contribution in [2.75, 3.05) is 6.54 Å². The van der Waals surface area contributed by atoms with E-state index in [4.69, 9.17) is 0 Å². The van der Waals surface area contributed by atoms with Gasteiger partial charge in [0.05, 0.1) is 6.10 Å². The molecule has 1 aliphatic heterocycles. The van der Waals surface area contributed by atoms with Crippen LogP contribution in [0.2, 0.25) is 0 Å². The van der Waals surface area contributed by atoms with E-state index in [1.165, 1.54) is 0 Å². The minimum Gasteiger partial charge on any atom is -0.393 e. The lowest BCUT2D eigenvalue weighted by Gasteiger charge is -2.53. The zero-order valence-corrected chi connectivity index (χ0v) is 14.3. The highest BCUT2D eigenvalue weighted by atomic mass is 16.3. The van der Waals surface area contributed by atoms with Crippen LogP contribution in [0.4, 0.5) is 0 Å². The van der Waals surface area contributed by atoms with Crippen LogP contribution in [0.15, 0.2) is 0 Å². The van der Waals surface area contributed by atoms with Crippen LogP contribution in [0.3, 0.4) is 0 Å². The molecule has 1 fully saturated rings. The molecule has 21 heavy (non-hydrogen) atoms. The van der Waals surface area contributed by atoms with Crippen molar-refractivity contribution in [3.05, 3.63) is 0 Å². The number of rotatable bonds is 10. The summed E-state index contributed by atoms with van der Waals surface area (Å²) in [6.07, 6.45) is 11.6. The van der Waals surface area contributed by atoms with Gasteiger partial charge in [0.15, 0.2) is 0 Å². The molecule has 124 valence electrons. The van der Waals surface area contributed by atoms with Crippen molar-refractivity contribution in [1.29, 1.82) is 0 Å². The van der Waals surface area contributed by atoms with Crippen LogP contribution in [0.5, 0.6) is 0 Å². The summed E-state index contributed by atoms with van der Waals surface area (Å²) >= 11 is 0. The van der Waals surface area contributed by atoms with Gasteiger partial charge in [-0.1, -0.05) is 59.3 Å². The first kappa shape index (κ1) is 18.5. The molecule has 3 nitrogen and oxygen atoms in total. The second-order valence-electron chi connectivity index (χ2n) is 6.71. The van der Waals surface area contributed by atoms with E-state index in [0.29, 0.717) is 0 Å². The molecule has 1 N–H and O–H groups in total. The summed E-state index contributed by atoms with van der Waals surface area (Å²) in [4.78, 5) is 13.7. The molecule has 0 aromatic rings. The van der Waals surface area contributed by atoms with Crippen molar-refractivity contribution < 1.29 is 9.90 Å². The summed E-state index contributed by atoms with van der Waals surface area (Å²) in [7, 11) is 0. The van der Waals surface area contributed by atoms with Crippen LogP contribution in [0.25, 0.3) is 0 Å². The summed E-state index contributed by atoms with van der Waals surface area (Å²) < 4.78 is 0. The Morgan fingerprint density at radius 3 is 2.14 bits per heavy atom. The fraction of sp³-hybridized carbons (Fsp3) is 0.944. The number of amides is 1. The van der Waals surface area contributed by atoms with Gasteiger partial charge < -0.3 is 10.0 Å². The molecule has 0 spiro atoms. The van der Waals surface area contributed by atoms with Crippen LogP contribution < -0.4 is 0 Å². The van der Waals surface area contributed by atoms with E-state index in [1.807, 2.05) is 4.90 Å². The number of hydrogen-bond donors (Lipinski definition) is 1. The zero-order valence-electron chi connectivity index (χ0n) is 14.3. The molecule has 1 aliphatic rings. The van der Waals surface area contributed by atoms with Crippen LogP contribution >= 0.6 is 0 Å². The molecule has 0 aliphatic carbocycles. The van der Waals surface area contributed by atoms with E-state index in [0.717, 1.165) is 77.2 Å². The number of piperidine rings is 1. The lowest BCUT2D eigenvalue weighted by atomic mass is 9.67. The Labute approximate surface area is 131 Å². The first-order chi connectivity index (χ1) is 10.2. The highest BCUT2D eigenvalue weighted by molar-refractivity contribution is 5.50. The monoisotopic (exact) mass is 297 g/mol. The van der Waals surface area contributed by atoms with E-state index >= 15 is 0 Å². The predicted molar refractivity (Wildman–Crippen MR) is 88.2 cm³/mol. The number of likely N-dealkylation sites (tertiary alicyclic amines) is 1. The van der Waals surface area contributed by atoms with Gasteiger partial charge in [0.1, 0.15) is 0 Å². The van der Waals surface area contributed by atoms with Crippen molar-refractivity contribution in [2.45, 2.75) is 96.6 Å². The number of carbonyl (C=O) groups is 1. The number of nitrogens with zero attached hydrogens (tertiary/aromatic N) is 1. The molecule has 0 radical (unpaired) electrons. The minimum absolute atomic E-state index is 0.0966. The molecule has 1 rings (SSSR count). The predicted octanol–water partition coefficient (Wildman–Crippen LogP) is 4.14. The van der Waals surface area contributed by atoms with Gasteiger partial charge in [0.25, 0.3) is 0 Å². The summed E-state index contributed by atoms with van der Waals surface area (Å²) in [5.74, 6) is 0.259. The molecule has 1 saturated heterocycles. The Bertz CT molecular complexity index is 285. The number of carbonyl (C=O) groups excluding carboxylic acids is 1. The van der Waals surface area contributed by atoms with Crippen LogP contribution in [0, 0.1) is 5.92 Å². The molecular formula is C18H35NO2. The van der Waals surface area contributed by atoms with Crippen molar-refractivity contribution in [3.8, 4) is 0 Å². The van der Waals surface area contributed by atoms with Gasteiger partial charge >= 0.3 is 0 Å². The Hall–Kier alpha value is -0.570. The molecule has 2 unspecified atom stereocenters. The summed E-state index contributed by atoms with van der Waals surface area (Å²) in [6.45, 7) is 7.34. The summed E-state index contributed by atoms with van der Waals surface area (Å²) in [5.41, 5.74) is -0.0966. The summed E-state index contributed by atoms with van der Waals surface area (Å²) in [6, 6.07) is 0. The van der Waals surface area contributed by atoms with E-state index in [1.54, 1.807) is 0 Å². The van der Waals surface area contributed by atoms with Gasteiger partial charge in [-0.2, -0.15) is 0 Å². The lowest BCUT2D eigenvalue weighted by Crippen LogP contribution is -2.61.